The highest BCUT2D eigenvalue weighted by Gasteiger charge is 2.41. The minimum atomic E-state index is -0.525. The summed E-state index contributed by atoms with van der Waals surface area (Å²) < 4.78 is 14.2. The molecule has 1 aromatic rings. The Morgan fingerprint density at radius 1 is 1.50 bits per heavy atom. The number of nitrogens with one attached hydrogen (secondary N) is 1. The van der Waals surface area contributed by atoms with Crippen molar-refractivity contribution < 1.29 is 14.3 Å². The lowest BCUT2D eigenvalue weighted by Crippen LogP contribution is -2.31. The van der Waals surface area contributed by atoms with Crippen LogP contribution in [0.4, 0.5) is 4.39 Å². The Kier molecular flexibility index (Phi) is 4.02. The van der Waals surface area contributed by atoms with Gasteiger partial charge < -0.3 is 10.4 Å². The highest BCUT2D eigenvalue weighted by atomic mass is 79.9. The first-order valence-electron chi connectivity index (χ1n) is 5.90. The first-order chi connectivity index (χ1) is 8.56. The molecule has 0 atom stereocenters. The van der Waals surface area contributed by atoms with Crippen LogP contribution in [0.1, 0.15) is 29.6 Å². The van der Waals surface area contributed by atoms with Crippen LogP contribution in [0.3, 0.4) is 0 Å². The third-order valence-electron chi connectivity index (χ3n) is 3.40. The minimum Gasteiger partial charge on any atom is -0.396 e. The molecule has 1 saturated carbocycles. The second-order valence-corrected chi connectivity index (χ2v) is 5.70. The van der Waals surface area contributed by atoms with Gasteiger partial charge in [-0.05, 0) is 42.9 Å². The van der Waals surface area contributed by atoms with E-state index >= 15 is 0 Å². The number of aliphatic hydroxyl groups is 1. The van der Waals surface area contributed by atoms with E-state index in [-0.39, 0.29) is 17.6 Å². The molecule has 0 spiro atoms. The quantitative estimate of drug-likeness (QED) is 0.877. The van der Waals surface area contributed by atoms with Crippen molar-refractivity contribution in [2.45, 2.75) is 19.3 Å². The first kappa shape index (κ1) is 13.5. The maximum Gasteiger partial charge on any atom is 0.254 e. The van der Waals surface area contributed by atoms with E-state index in [1.54, 1.807) is 6.07 Å². The largest absolute Gasteiger partial charge is 0.396 e. The molecule has 98 valence electrons. The van der Waals surface area contributed by atoms with Gasteiger partial charge in [0, 0.05) is 17.6 Å². The topological polar surface area (TPSA) is 49.3 Å². The highest BCUT2D eigenvalue weighted by Crippen LogP contribution is 2.47. The van der Waals surface area contributed by atoms with Crippen LogP contribution in [0.2, 0.25) is 0 Å². The van der Waals surface area contributed by atoms with E-state index in [1.165, 1.54) is 12.1 Å². The number of hydrogen-bond acceptors (Lipinski definition) is 2. The lowest BCUT2D eigenvalue weighted by Gasteiger charge is -2.14. The SMILES string of the molecule is O=C(NCC1(CCO)CC1)c1cc(Br)ccc1F. The number of carbonyl (C=O) groups is 1. The molecule has 2 N–H and O–H groups in total. The molecule has 0 aromatic heterocycles. The molecule has 0 saturated heterocycles. The number of carbonyl (C=O) groups excluding carboxylic acids is 1. The van der Waals surface area contributed by atoms with Crippen molar-refractivity contribution in [2.24, 2.45) is 5.41 Å². The van der Waals surface area contributed by atoms with Crippen LogP contribution in [0.25, 0.3) is 0 Å². The Balaban J connectivity index is 1.98. The van der Waals surface area contributed by atoms with Crippen molar-refractivity contribution in [1.82, 2.24) is 5.32 Å². The Hall–Kier alpha value is -0.940. The van der Waals surface area contributed by atoms with Gasteiger partial charge in [-0.25, -0.2) is 4.39 Å². The summed E-state index contributed by atoms with van der Waals surface area (Å²) in [6.45, 7) is 0.624. The molecule has 5 heteroatoms. The summed E-state index contributed by atoms with van der Waals surface area (Å²) in [5, 5.41) is 11.7. The number of rotatable bonds is 5. The second kappa shape index (κ2) is 5.36. The Bertz CT molecular complexity index is 460. The van der Waals surface area contributed by atoms with Gasteiger partial charge in [-0.2, -0.15) is 0 Å². The smallest absolute Gasteiger partial charge is 0.254 e. The molecule has 1 aliphatic rings. The lowest BCUT2D eigenvalue weighted by atomic mass is 10.0. The van der Waals surface area contributed by atoms with Crippen molar-refractivity contribution in [3.63, 3.8) is 0 Å². The van der Waals surface area contributed by atoms with E-state index in [4.69, 9.17) is 5.11 Å². The molecule has 18 heavy (non-hydrogen) atoms. The maximum absolute atomic E-state index is 13.5. The fourth-order valence-electron chi connectivity index (χ4n) is 1.96. The summed E-state index contributed by atoms with van der Waals surface area (Å²) in [7, 11) is 0. The van der Waals surface area contributed by atoms with E-state index in [9.17, 15) is 9.18 Å². The van der Waals surface area contributed by atoms with Crippen molar-refractivity contribution >= 4 is 21.8 Å². The molecule has 0 bridgehead atoms. The Labute approximate surface area is 114 Å². The normalized spacial score (nSPS) is 16.4. The molecule has 0 radical (unpaired) electrons. The second-order valence-electron chi connectivity index (χ2n) is 4.78. The predicted molar refractivity (Wildman–Crippen MR) is 69.8 cm³/mol. The van der Waals surface area contributed by atoms with Gasteiger partial charge in [0.2, 0.25) is 0 Å². The molecule has 0 unspecified atom stereocenters. The molecule has 1 aliphatic carbocycles. The van der Waals surface area contributed by atoms with Crippen LogP contribution in [0.5, 0.6) is 0 Å². The van der Waals surface area contributed by atoms with Gasteiger partial charge in [-0.3, -0.25) is 4.79 Å². The fourth-order valence-corrected chi connectivity index (χ4v) is 2.32. The average Bonchev–Trinajstić information content (AvgIpc) is 3.10. The summed E-state index contributed by atoms with van der Waals surface area (Å²) in [6.07, 6.45) is 2.71. The van der Waals surface area contributed by atoms with Gasteiger partial charge in [0.25, 0.3) is 5.91 Å². The molecule has 1 fully saturated rings. The zero-order valence-electron chi connectivity index (χ0n) is 9.88. The molecule has 1 amide bonds. The lowest BCUT2D eigenvalue weighted by molar-refractivity contribution is 0.0936. The molecule has 0 aliphatic heterocycles. The monoisotopic (exact) mass is 315 g/mol. The summed E-state index contributed by atoms with van der Waals surface area (Å²) in [4.78, 5) is 11.9. The number of hydrogen-bond donors (Lipinski definition) is 2. The van der Waals surface area contributed by atoms with Gasteiger partial charge >= 0.3 is 0 Å². The molecule has 0 heterocycles. The number of aliphatic hydroxyl groups excluding tert-OH is 1. The van der Waals surface area contributed by atoms with Crippen LogP contribution in [0, 0.1) is 11.2 Å². The zero-order chi connectivity index (χ0) is 13.2. The molecule has 1 aromatic carbocycles. The van der Waals surface area contributed by atoms with Crippen LogP contribution < -0.4 is 5.32 Å². The molecule has 3 nitrogen and oxygen atoms in total. The van der Waals surface area contributed by atoms with Crippen LogP contribution in [-0.2, 0) is 0 Å². The van der Waals surface area contributed by atoms with Gasteiger partial charge in [0.1, 0.15) is 5.82 Å². The standard InChI is InChI=1S/C13H15BrFNO2/c14-9-1-2-11(15)10(7-9)12(18)16-8-13(3-4-13)5-6-17/h1-2,7,17H,3-6,8H2,(H,16,18). The van der Waals surface area contributed by atoms with E-state index in [1.807, 2.05) is 0 Å². The van der Waals surface area contributed by atoms with E-state index in [2.05, 4.69) is 21.2 Å². The summed E-state index contributed by atoms with van der Waals surface area (Å²) in [6, 6.07) is 4.29. The van der Waals surface area contributed by atoms with Gasteiger partial charge in [-0.15, -0.1) is 0 Å². The predicted octanol–water partition coefficient (Wildman–Crippen LogP) is 2.48. The first-order valence-corrected chi connectivity index (χ1v) is 6.70. The van der Waals surface area contributed by atoms with E-state index in [0.717, 1.165) is 12.8 Å². The van der Waals surface area contributed by atoms with Crippen LogP contribution >= 0.6 is 15.9 Å². The fraction of sp³-hybridized carbons (Fsp3) is 0.462. The minimum absolute atomic E-state index is 0.0346. The Morgan fingerprint density at radius 3 is 2.83 bits per heavy atom. The highest BCUT2D eigenvalue weighted by molar-refractivity contribution is 9.10. The van der Waals surface area contributed by atoms with Crippen molar-refractivity contribution in [3.05, 3.63) is 34.1 Å². The van der Waals surface area contributed by atoms with Gasteiger partial charge in [0.15, 0.2) is 0 Å². The molecular weight excluding hydrogens is 301 g/mol. The Morgan fingerprint density at radius 2 is 2.22 bits per heavy atom. The van der Waals surface area contributed by atoms with Crippen LogP contribution in [-0.4, -0.2) is 24.2 Å². The summed E-state index contributed by atoms with van der Waals surface area (Å²) >= 11 is 3.21. The van der Waals surface area contributed by atoms with Crippen LogP contribution in [0.15, 0.2) is 22.7 Å². The van der Waals surface area contributed by atoms with Gasteiger partial charge in [-0.1, -0.05) is 15.9 Å². The van der Waals surface area contributed by atoms with Gasteiger partial charge in [0.05, 0.1) is 5.56 Å². The maximum atomic E-state index is 13.5. The van der Waals surface area contributed by atoms with Crippen molar-refractivity contribution in [2.75, 3.05) is 13.2 Å². The number of amides is 1. The average molecular weight is 316 g/mol. The van der Waals surface area contributed by atoms with E-state index < -0.39 is 11.7 Å². The molecular formula is C13H15BrFNO2. The number of halogens is 2. The summed E-state index contributed by atoms with van der Waals surface area (Å²) in [5.74, 6) is -0.930. The zero-order valence-corrected chi connectivity index (χ0v) is 11.5. The van der Waals surface area contributed by atoms with Crippen molar-refractivity contribution in [3.8, 4) is 0 Å². The molecule has 2 rings (SSSR count). The third-order valence-corrected chi connectivity index (χ3v) is 3.89. The number of benzene rings is 1. The van der Waals surface area contributed by atoms with E-state index in [0.29, 0.717) is 17.4 Å². The van der Waals surface area contributed by atoms with Crippen molar-refractivity contribution in [1.29, 1.82) is 0 Å². The summed E-state index contributed by atoms with van der Waals surface area (Å²) in [5.41, 5.74) is 0.0802. The third kappa shape index (κ3) is 3.09.